The molecule has 0 N–H and O–H groups in total. The highest BCUT2D eigenvalue weighted by Gasteiger charge is 2.40. The van der Waals surface area contributed by atoms with E-state index in [9.17, 15) is 14.4 Å². The number of rotatable bonds is 3. The molecular formula is C21H23N3O3. The van der Waals surface area contributed by atoms with E-state index in [2.05, 4.69) is 0 Å². The van der Waals surface area contributed by atoms with Crippen LogP contribution in [-0.4, -0.2) is 57.6 Å². The number of benzene rings is 1. The maximum atomic E-state index is 12.9. The second-order valence-electron chi connectivity index (χ2n) is 7.46. The Hall–Kier alpha value is -2.89. The molecule has 27 heavy (non-hydrogen) atoms. The molecule has 6 heteroatoms. The fraction of sp³-hybridized carbons (Fsp3) is 0.381. The van der Waals surface area contributed by atoms with Crippen molar-refractivity contribution in [3.63, 3.8) is 0 Å². The largest absolute Gasteiger partial charge is 0.348 e. The summed E-state index contributed by atoms with van der Waals surface area (Å²) in [6.45, 7) is 1.65. The van der Waals surface area contributed by atoms with Gasteiger partial charge in [0.1, 0.15) is 0 Å². The van der Waals surface area contributed by atoms with Gasteiger partial charge in [-0.15, -0.1) is 0 Å². The van der Waals surface area contributed by atoms with E-state index in [1.54, 1.807) is 34.8 Å². The average Bonchev–Trinajstić information content (AvgIpc) is 2.92. The zero-order valence-electron chi connectivity index (χ0n) is 15.4. The van der Waals surface area contributed by atoms with Crippen LogP contribution in [0.15, 0.2) is 48.7 Å². The quantitative estimate of drug-likeness (QED) is 0.617. The van der Waals surface area contributed by atoms with Crippen LogP contribution in [0.1, 0.15) is 33.7 Å². The number of carbonyl (C=O) groups excluding carboxylic acids is 3. The van der Waals surface area contributed by atoms with Crippen molar-refractivity contribution in [2.45, 2.75) is 18.9 Å². The lowest BCUT2D eigenvalue weighted by Crippen LogP contribution is -2.50. The standard InChI is InChI=1S/C21H23N3O3/c1-22-11-5-8-18(22)19(25)21(27)24-13-15-9-10-17(24)14-23(12-15)20(26)16-6-3-2-4-7-16/h2-8,11,15,17H,9-10,12-14H2,1H3. The molecule has 5 rings (SSSR count). The topological polar surface area (TPSA) is 62.6 Å². The van der Waals surface area contributed by atoms with E-state index in [0.717, 1.165) is 12.8 Å². The number of hydrogen-bond donors (Lipinski definition) is 0. The van der Waals surface area contributed by atoms with Crippen molar-refractivity contribution in [1.82, 2.24) is 14.4 Å². The molecule has 0 saturated carbocycles. The molecule has 2 bridgehead atoms. The van der Waals surface area contributed by atoms with Gasteiger partial charge in [0.05, 0.1) is 5.69 Å². The number of hydrogen-bond acceptors (Lipinski definition) is 3. The van der Waals surface area contributed by atoms with Gasteiger partial charge in [-0.05, 0) is 43.0 Å². The van der Waals surface area contributed by atoms with Crippen LogP contribution < -0.4 is 0 Å². The predicted octanol–water partition coefficient (Wildman–Crippen LogP) is 1.97. The summed E-state index contributed by atoms with van der Waals surface area (Å²) in [7, 11) is 1.76. The summed E-state index contributed by atoms with van der Waals surface area (Å²) in [6, 6.07) is 12.6. The summed E-state index contributed by atoms with van der Waals surface area (Å²) < 4.78 is 1.67. The van der Waals surface area contributed by atoms with E-state index in [0.29, 0.717) is 30.9 Å². The first-order chi connectivity index (χ1) is 13.0. The van der Waals surface area contributed by atoms with Gasteiger partial charge in [0.2, 0.25) is 0 Å². The first-order valence-electron chi connectivity index (χ1n) is 9.35. The third-order valence-corrected chi connectivity index (χ3v) is 5.65. The number of piperidine rings is 1. The Kier molecular flexibility index (Phi) is 4.56. The minimum absolute atomic E-state index is 0.00411. The summed E-state index contributed by atoms with van der Waals surface area (Å²) in [5.74, 6) is -0.728. The van der Waals surface area contributed by atoms with Crippen LogP contribution in [0.4, 0.5) is 0 Å². The van der Waals surface area contributed by atoms with Gasteiger partial charge in [0, 0.05) is 44.5 Å². The molecule has 6 nitrogen and oxygen atoms in total. The summed E-state index contributed by atoms with van der Waals surface area (Å²) in [4.78, 5) is 42.0. The van der Waals surface area contributed by atoms with Crippen molar-refractivity contribution >= 4 is 17.6 Å². The summed E-state index contributed by atoms with van der Waals surface area (Å²) in [6.07, 6.45) is 3.57. The van der Waals surface area contributed by atoms with E-state index in [-0.39, 0.29) is 17.9 Å². The Bertz CT molecular complexity index is 874. The lowest BCUT2D eigenvalue weighted by atomic mass is 9.94. The second-order valence-corrected chi connectivity index (χ2v) is 7.46. The van der Waals surface area contributed by atoms with Crippen molar-refractivity contribution in [3.8, 4) is 0 Å². The van der Waals surface area contributed by atoms with Crippen LogP contribution in [0.5, 0.6) is 0 Å². The number of aromatic nitrogens is 1. The molecule has 0 aliphatic carbocycles. The Morgan fingerprint density at radius 3 is 2.41 bits per heavy atom. The Morgan fingerprint density at radius 1 is 0.926 bits per heavy atom. The maximum Gasteiger partial charge on any atom is 0.296 e. The van der Waals surface area contributed by atoms with Crippen LogP contribution in [0.25, 0.3) is 0 Å². The molecule has 2 unspecified atom stereocenters. The minimum atomic E-state index is -0.476. The summed E-state index contributed by atoms with van der Waals surface area (Å²) in [5, 5.41) is 0. The molecule has 1 aromatic heterocycles. The van der Waals surface area contributed by atoms with Gasteiger partial charge in [-0.3, -0.25) is 14.4 Å². The Morgan fingerprint density at radius 2 is 1.70 bits per heavy atom. The molecule has 0 spiro atoms. The summed E-state index contributed by atoms with van der Waals surface area (Å²) in [5.41, 5.74) is 1.06. The average molecular weight is 365 g/mol. The molecule has 3 aliphatic rings. The lowest BCUT2D eigenvalue weighted by Gasteiger charge is -2.35. The van der Waals surface area contributed by atoms with Crippen LogP contribution >= 0.6 is 0 Å². The molecule has 3 aliphatic heterocycles. The fourth-order valence-electron chi connectivity index (χ4n) is 4.20. The highest BCUT2D eigenvalue weighted by Crippen LogP contribution is 2.29. The highest BCUT2D eigenvalue weighted by atomic mass is 16.2. The van der Waals surface area contributed by atoms with Crippen molar-refractivity contribution in [3.05, 3.63) is 59.9 Å². The number of fused-ring (bicyclic) bond motifs is 4. The van der Waals surface area contributed by atoms with Gasteiger partial charge in [-0.25, -0.2) is 0 Å². The van der Waals surface area contributed by atoms with Crippen LogP contribution in [0, 0.1) is 5.92 Å². The smallest absolute Gasteiger partial charge is 0.296 e. The van der Waals surface area contributed by atoms with Crippen molar-refractivity contribution < 1.29 is 14.4 Å². The Labute approximate surface area is 158 Å². The van der Waals surface area contributed by atoms with E-state index in [1.165, 1.54) is 0 Å². The molecule has 140 valence electrons. The number of carbonyl (C=O) groups is 3. The second kappa shape index (κ2) is 7.02. The van der Waals surface area contributed by atoms with Gasteiger partial charge < -0.3 is 14.4 Å². The van der Waals surface area contributed by atoms with E-state index < -0.39 is 11.7 Å². The molecule has 3 saturated heterocycles. The number of aryl methyl sites for hydroxylation is 1. The summed E-state index contributed by atoms with van der Waals surface area (Å²) >= 11 is 0. The van der Waals surface area contributed by atoms with E-state index in [4.69, 9.17) is 0 Å². The first kappa shape index (κ1) is 17.5. The van der Waals surface area contributed by atoms with Gasteiger partial charge in [0.15, 0.2) is 0 Å². The normalized spacial score (nSPS) is 21.8. The van der Waals surface area contributed by atoms with E-state index in [1.807, 2.05) is 35.2 Å². The monoisotopic (exact) mass is 365 g/mol. The number of Topliss-reactive ketones (excluding diaryl/α,β-unsaturated/α-hetero) is 1. The van der Waals surface area contributed by atoms with Crippen molar-refractivity contribution in [1.29, 1.82) is 0 Å². The number of amides is 2. The minimum Gasteiger partial charge on any atom is -0.348 e. The van der Waals surface area contributed by atoms with Crippen molar-refractivity contribution in [2.75, 3.05) is 19.6 Å². The third kappa shape index (κ3) is 3.27. The van der Waals surface area contributed by atoms with Gasteiger partial charge >= 0.3 is 0 Å². The SMILES string of the molecule is Cn1cccc1C(=O)C(=O)N1CC2CCC1CN(C(=O)c1ccccc1)C2. The maximum absolute atomic E-state index is 12.9. The molecule has 1 aromatic carbocycles. The van der Waals surface area contributed by atoms with Crippen LogP contribution in [0.2, 0.25) is 0 Å². The van der Waals surface area contributed by atoms with E-state index >= 15 is 0 Å². The molecule has 3 fully saturated rings. The molecule has 2 aromatic rings. The first-order valence-corrected chi connectivity index (χ1v) is 9.35. The van der Waals surface area contributed by atoms with Gasteiger partial charge in [0.25, 0.3) is 17.6 Å². The molecule has 2 amide bonds. The molecule has 2 atom stereocenters. The molecule has 4 heterocycles. The van der Waals surface area contributed by atoms with Crippen LogP contribution in [0.3, 0.4) is 0 Å². The zero-order valence-corrected chi connectivity index (χ0v) is 15.4. The highest BCUT2D eigenvalue weighted by molar-refractivity contribution is 6.42. The van der Waals surface area contributed by atoms with Gasteiger partial charge in [-0.2, -0.15) is 0 Å². The third-order valence-electron chi connectivity index (χ3n) is 5.65. The number of nitrogens with zero attached hydrogens (tertiary/aromatic N) is 3. The molecule has 0 radical (unpaired) electrons. The molecular weight excluding hydrogens is 342 g/mol. The van der Waals surface area contributed by atoms with Crippen LogP contribution in [-0.2, 0) is 11.8 Å². The fourth-order valence-corrected chi connectivity index (χ4v) is 4.20. The van der Waals surface area contributed by atoms with Crippen molar-refractivity contribution in [2.24, 2.45) is 13.0 Å². The lowest BCUT2D eigenvalue weighted by molar-refractivity contribution is -0.130. The zero-order chi connectivity index (χ0) is 19.0. The Balaban J connectivity index is 1.53. The predicted molar refractivity (Wildman–Crippen MR) is 100 cm³/mol. The van der Waals surface area contributed by atoms with Gasteiger partial charge in [-0.1, -0.05) is 18.2 Å². The number of ketones is 1.